The van der Waals surface area contributed by atoms with Crippen molar-refractivity contribution in [3.05, 3.63) is 97.0 Å². The number of halogens is 3. The summed E-state index contributed by atoms with van der Waals surface area (Å²) in [5.74, 6) is -1.12. The lowest BCUT2D eigenvalue weighted by atomic mass is 10.2. The van der Waals surface area contributed by atoms with Gasteiger partial charge in [0.25, 0.3) is 11.8 Å². The van der Waals surface area contributed by atoms with Gasteiger partial charge in [0.05, 0.1) is 28.9 Å². The highest BCUT2D eigenvalue weighted by Crippen LogP contribution is 2.23. The Hall–Kier alpha value is -2.95. The summed E-state index contributed by atoms with van der Waals surface area (Å²) in [5, 5.41) is 7.01. The van der Waals surface area contributed by atoms with Crippen LogP contribution in [0.5, 0.6) is 5.75 Å². The molecule has 0 saturated carbocycles. The monoisotopic (exact) mass is 595 g/mol. The summed E-state index contributed by atoms with van der Waals surface area (Å²) in [6.07, 6.45) is 1.42. The van der Waals surface area contributed by atoms with Crippen LogP contribution in [-0.2, 0) is 4.79 Å². The SMILES string of the molecule is O=C(CNC(=O)c1ccccc1I)NN=Cc1ccc(OC(=O)c2ccc(Cl)cc2Cl)cc1. The van der Waals surface area contributed by atoms with Crippen molar-refractivity contribution in [2.75, 3.05) is 6.54 Å². The highest BCUT2D eigenvalue weighted by atomic mass is 127. The van der Waals surface area contributed by atoms with E-state index in [9.17, 15) is 14.4 Å². The van der Waals surface area contributed by atoms with Crippen LogP contribution in [0.4, 0.5) is 0 Å². The van der Waals surface area contributed by atoms with Crippen molar-refractivity contribution >= 4 is 69.8 Å². The second-order valence-corrected chi connectivity index (χ2v) is 8.54. The average Bonchev–Trinajstić information content (AvgIpc) is 2.79. The number of amides is 2. The highest BCUT2D eigenvalue weighted by molar-refractivity contribution is 14.1. The number of hydrogen-bond donors (Lipinski definition) is 2. The zero-order valence-corrected chi connectivity index (χ0v) is 20.5. The third-order valence-electron chi connectivity index (χ3n) is 4.17. The summed E-state index contributed by atoms with van der Waals surface area (Å²) in [4.78, 5) is 36.3. The third kappa shape index (κ3) is 7.28. The molecule has 3 rings (SSSR count). The van der Waals surface area contributed by atoms with Crippen molar-refractivity contribution in [2.24, 2.45) is 5.10 Å². The first-order valence-corrected chi connectivity index (χ1v) is 11.3. The van der Waals surface area contributed by atoms with E-state index in [1.165, 1.54) is 18.3 Å². The normalized spacial score (nSPS) is 10.6. The standard InChI is InChI=1S/C23H16Cl2IN3O4/c24-15-7-10-17(19(25)11-15)23(32)33-16-8-5-14(6-9-16)12-28-29-21(30)13-27-22(31)18-3-1-2-4-20(18)26/h1-12H,13H2,(H,27,31)(H,29,30). The molecule has 168 valence electrons. The second-order valence-electron chi connectivity index (χ2n) is 6.54. The van der Waals surface area contributed by atoms with E-state index in [0.29, 0.717) is 21.9 Å². The van der Waals surface area contributed by atoms with E-state index in [1.54, 1.807) is 48.5 Å². The molecule has 0 spiro atoms. The molecule has 2 amide bonds. The molecule has 0 aromatic heterocycles. The minimum absolute atomic E-state index is 0.196. The van der Waals surface area contributed by atoms with Crippen LogP contribution in [-0.4, -0.2) is 30.5 Å². The van der Waals surface area contributed by atoms with Gasteiger partial charge < -0.3 is 10.1 Å². The molecule has 7 nitrogen and oxygen atoms in total. The third-order valence-corrected chi connectivity index (χ3v) is 5.66. The molecule has 0 atom stereocenters. The molecule has 0 radical (unpaired) electrons. The molecule has 0 aliphatic heterocycles. The van der Waals surface area contributed by atoms with Crippen LogP contribution in [0.3, 0.4) is 0 Å². The van der Waals surface area contributed by atoms with Gasteiger partial charge in [-0.2, -0.15) is 5.10 Å². The fraction of sp³-hybridized carbons (Fsp3) is 0.0435. The van der Waals surface area contributed by atoms with Crippen molar-refractivity contribution in [3.63, 3.8) is 0 Å². The number of rotatable bonds is 7. The van der Waals surface area contributed by atoms with E-state index < -0.39 is 11.9 Å². The van der Waals surface area contributed by atoms with Crippen LogP contribution < -0.4 is 15.5 Å². The molecule has 33 heavy (non-hydrogen) atoms. The van der Waals surface area contributed by atoms with Crippen LogP contribution in [0.1, 0.15) is 26.3 Å². The number of hydrogen-bond acceptors (Lipinski definition) is 5. The predicted octanol–water partition coefficient (Wildman–Crippen LogP) is 4.70. The van der Waals surface area contributed by atoms with Crippen molar-refractivity contribution < 1.29 is 19.1 Å². The van der Waals surface area contributed by atoms with E-state index in [-0.39, 0.29) is 23.0 Å². The molecule has 0 fully saturated rings. The van der Waals surface area contributed by atoms with Crippen molar-refractivity contribution in [1.82, 2.24) is 10.7 Å². The average molecular weight is 596 g/mol. The molecule has 0 aliphatic rings. The summed E-state index contributed by atoms with van der Waals surface area (Å²) in [7, 11) is 0. The van der Waals surface area contributed by atoms with Gasteiger partial charge in [-0.1, -0.05) is 35.3 Å². The number of esters is 1. The van der Waals surface area contributed by atoms with Crippen molar-refractivity contribution in [2.45, 2.75) is 0 Å². The Balaban J connectivity index is 1.47. The number of nitrogens with one attached hydrogen (secondary N) is 2. The number of ether oxygens (including phenoxy) is 1. The lowest BCUT2D eigenvalue weighted by Crippen LogP contribution is -2.35. The Bertz CT molecular complexity index is 1220. The smallest absolute Gasteiger partial charge is 0.345 e. The maximum absolute atomic E-state index is 12.2. The lowest BCUT2D eigenvalue weighted by Gasteiger charge is -2.06. The Morgan fingerprint density at radius 3 is 2.39 bits per heavy atom. The van der Waals surface area contributed by atoms with Crippen LogP contribution in [0.2, 0.25) is 10.0 Å². The van der Waals surface area contributed by atoms with Gasteiger partial charge in [-0.25, -0.2) is 10.2 Å². The summed E-state index contributed by atoms with van der Waals surface area (Å²) >= 11 is 13.9. The molecule has 3 aromatic rings. The number of carbonyl (C=O) groups is 3. The first kappa shape index (κ1) is 24.7. The summed E-state index contributed by atoms with van der Waals surface area (Å²) < 4.78 is 6.08. The van der Waals surface area contributed by atoms with Crippen LogP contribution >= 0.6 is 45.8 Å². The van der Waals surface area contributed by atoms with Crippen molar-refractivity contribution in [3.8, 4) is 5.75 Å². The first-order valence-electron chi connectivity index (χ1n) is 9.45. The molecule has 2 N–H and O–H groups in total. The largest absolute Gasteiger partial charge is 0.423 e. The maximum Gasteiger partial charge on any atom is 0.345 e. The molecule has 0 saturated heterocycles. The van der Waals surface area contributed by atoms with Gasteiger partial charge in [-0.15, -0.1) is 0 Å². The Morgan fingerprint density at radius 2 is 1.70 bits per heavy atom. The van der Waals surface area contributed by atoms with E-state index in [2.05, 4.69) is 38.4 Å². The fourth-order valence-electron chi connectivity index (χ4n) is 2.56. The molecule has 0 heterocycles. The summed E-state index contributed by atoms with van der Waals surface area (Å²) in [5.41, 5.74) is 3.68. The number of nitrogens with zero attached hydrogens (tertiary/aromatic N) is 1. The Morgan fingerprint density at radius 1 is 0.970 bits per heavy atom. The topological polar surface area (TPSA) is 96.9 Å². The van der Waals surface area contributed by atoms with Gasteiger partial charge in [-0.3, -0.25) is 9.59 Å². The maximum atomic E-state index is 12.2. The molecule has 3 aromatic carbocycles. The van der Waals surface area contributed by atoms with Gasteiger partial charge >= 0.3 is 5.97 Å². The van der Waals surface area contributed by atoms with Crippen LogP contribution in [0.15, 0.2) is 71.8 Å². The van der Waals surface area contributed by atoms with Gasteiger partial charge in [0.2, 0.25) is 0 Å². The number of carbonyl (C=O) groups excluding carboxylic acids is 3. The predicted molar refractivity (Wildman–Crippen MR) is 135 cm³/mol. The quantitative estimate of drug-likeness (QED) is 0.136. The Kier molecular flexibility index (Phi) is 8.81. The molecule has 0 unspecified atom stereocenters. The van der Waals surface area contributed by atoms with E-state index in [0.717, 1.165) is 3.57 Å². The zero-order valence-electron chi connectivity index (χ0n) is 16.8. The van der Waals surface area contributed by atoms with Crippen molar-refractivity contribution in [1.29, 1.82) is 0 Å². The van der Waals surface area contributed by atoms with E-state index in [1.807, 2.05) is 6.07 Å². The first-order chi connectivity index (χ1) is 15.8. The Labute approximate surface area is 213 Å². The second kappa shape index (κ2) is 11.8. The minimum atomic E-state index is -0.613. The minimum Gasteiger partial charge on any atom is -0.423 e. The number of benzene rings is 3. The molecule has 10 heteroatoms. The molecule has 0 bridgehead atoms. The summed E-state index contributed by atoms with van der Waals surface area (Å²) in [6.45, 7) is -0.219. The van der Waals surface area contributed by atoms with E-state index >= 15 is 0 Å². The van der Waals surface area contributed by atoms with Gasteiger partial charge in [0, 0.05) is 8.59 Å². The summed E-state index contributed by atoms with van der Waals surface area (Å²) in [6, 6.07) is 18.0. The van der Waals surface area contributed by atoms with Gasteiger partial charge in [0.1, 0.15) is 5.75 Å². The lowest BCUT2D eigenvalue weighted by molar-refractivity contribution is -0.120. The van der Waals surface area contributed by atoms with Gasteiger partial charge in [0.15, 0.2) is 0 Å². The van der Waals surface area contributed by atoms with E-state index in [4.69, 9.17) is 27.9 Å². The molecule has 0 aliphatic carbocycles. The molecular formula is C23H16Cl2IN3O4. The molecular weight excluding hydrogens is 580 g/mol. The zero-order chi connectivity index (χ0) is 23.8. The number of hydrazone groups is 1. The highest BCUT2D eigenvalue weighted by Gasteiger charge is 2.13. The van der Waals surface area contributed by atoms with Crippen LogP contribution in [0.25, 0.3) is 0 Å². The van der Waals surface area contributed by atoms with Gasteiger partial charge in [-0.05, 0) is 82.8 Å². The fourth-order valence-corrected chi connectivity index (χ4v) is 3.68. The van der Waals surface area contributed by atoms with Crippen LogP contribution in [0, 0.1) is 3.57 Å².